The van der Waals surface area contributed by atoms with E-state index in [9.17, 15) is 41.1 Å². The first-order valence-corrected chi connectivity index (χ1v) is 13.6. The van der Waals surface area contributed by atoms with Gasteiger partial charge in [-0.3, -0.25) is 19.2 Å². The predicted octanol–water partition coefficient (Wildman–Crippen LogP) is 4.82. The fraction of sp³-hybridized carbons (Fsp3) is 0.125. The molecule has 3 aromatic rings. The zero-order valence-corrected chi connectivity index (χ0v) is 21.5. The molecule has 204 valence electrons. The van der Waals surface area contributed by atoms with Crippen LogP contribution in [0.3, 0.4) is 0 Å². The molecule has 0 saturated heterocycles. The van der Waals surface area contributed by atoms with Gasteiger partial charge in [-0.05, 0) is 65.9 Å². The first-order chi connectivity index (χ1) is 18.2. The molecule has 3 aromatic carbocycles. The van der Waals surface area contributed by atoms with Crippen molar-refractivity contribution < 1.29 is 41.1 Å². The maximum atomic E-state index is 12.9. The molecule has 0 atom stereocenters. The van der Waals surface area contributed by atoms with Crippen molar-refractivity contribution in [2.75, 3.05) is 21.6 Å². The van der Waals surface area contributed by atoms with E-state index in [0.29, 0.717) is 5.56 Å². The van der Waals surface area contributed by atoms with Gasteiger partial charge in [0.2, 0.25) is 10.0 Å². The zero-order valence-electron chi connectivity index (χ0n) is 19.9. The van der Waals surface area contributed by atoms with Crippen molar-refractivity contribution >= 4 is 56.7 Å². The lowest BCUT2D eigenvalue weighted by Gasteiger charge is -2.14. The van der Waals surface area contributed by atoms with E-state index < -0.39 is 33.4 Å². The van der Waals surface area contributed by atoms with Gasteiger partial charge in [-0.2, -0.15) is 13.2 Å². The standard InChI is InChI=1S/C24H19F3N4O6S2/c1-39(36,37)30-19-11-15(5-9-20(19)32)29-23(35)28-14-4-8-17-18(10-14)22(34)31(21(17)33)12-13-2-6-16(7-3-13)38-24(25,26)27/h2-11,30,32H,12H2,1H3,(H2,28,29,35). The van der Waals surface area contributed by atoms with Crippen molar-refractivity contribution in [1.82, 2.24) is 4.90 Å². The van der Waals surface area contributed by atoms with Crippen molar-refractivity contribution in [3.8, 4) is 5.75 Å². The summed E-state index contributed by atoms with van der Waals surface area (Å²) in [7, 11) is -3.69. The van der Waals surface area contributed by atoms with Crippen LogP contribution >= 0.6 is 11.8 Å². The number of anilines is 3. The van der Waals surface area contributed by atoms with Gasteiger partial charge in [0, 0.05) is 16.3 Å². The number of hydrogen-bond donors (Lipinski definition) is 4. The summed E-state index contributed by atoms with van der Waals surface area (Å²) in [6, 6.07) is 12.3. The van der Waals surface area contributed by atoms with Gasteiger partial charge in [0.05, 0.1) is 29.6 Å². The highest BCUT2D eigenvalue weighted by Crippen LogP contribution is 2.37. The Balaban J connectivity index is 1.43. The van der Waals surface area contributed by atoms with Crippen molar-refractivity contribution in [3.63, 3.8) is 0 Å². The maximum absolute atomic E-state index is 12.9. The third-order valence-corrected chi connectivity index (χ3v) is 6.61. The minimum atomic E-state index is -4.44. The number of alkyl halides is 3. The van der Waals surface area contributed by atoms with Gasteiger partial charge in [-0.1, -0.05) is 12.1 Å². The summed E-state index contributed by atoms with van der Waals surface area (Å²) in [6.45, 7) is -0.155. The summed E-state index contributed by atoms with van der Waals surface area (Å²) >= 11 is -0.272. The van der Waals surface area contributed by atoms with Gasteiger partial charge in [-0.25, -0.2) is 13.2 Å². The Kier molecular flexibility index (Phi) is 7.48. The molecule has 0 spiro atoms. The number of aromatic hydroxyl groups is 1. The van der Waals surface area contributed by atoms with Crippen LogP contribution in [0.15, 0.2) is 65.6 Å². The van der Waals surface area contributed by atoms with E-state index in [-0.39, 0.29) is 57.1 Å². The molecule has 39 heavy (non-hydrogen) atoms. The third kappa shape index (κ3) is 7.00. The second-order valence-electron chi connectivity index (χ2n) is 8.33. The molecular formula is C24H19F3N4O6S2. The fourth-order valence-corrected chi connectivity index (χ4v) is 4.78. The molecule has 1 heterocycles. The number of carbonyl (C=O) groups is 3. The SMILES string of the molecule is CS(=O)(=O)Nc1cc(NC(=O)Nc2ccc3c(c2)C(=O)N(Cc2ccc(SC(F)(F)F)cc2)C3=O)ccc1O. The summed E-state index contributed by atoms with van der Waals surface area (Å²) in [4.78, 5) is 39.1. The van der Waals surface area contributed by atoms with Crippen LogP contribution in [0, 0.1) is 0 Å². The van der Waals surface area contributed by atoms with Gasteiger partial charge in [0.25, 0.3) is 11.8 Å². The van der Waals surface area contributed by atoms with Gasteiger partial charge in [-0.15, -0.1) is 0 Å². The minimum Gasteiger partial charge on any atom is -0.506 e. The van der Waals surface area contributed by atoms with Crippen LogP contribution in [-0.4, -0.2) is 48.0 Å². The molecule has 0 unspecified atom stereocenters. The maximum Gasteiger partial charge on any atom is 0.446 e. The summed E-state index contributed by atoms with van der Waals surface area (Å²) in [5, 5.41) is 14.8. The molecule has 0 fully saturated rings. The molecule has 4 N–H and O–H groups in total. The highest BCUT2D eigenvalue weighted by Gasteiger charge is 2.36. The number of phenols is 1. The zero-order chi connectivity index (χ0) is 28.5. The smallest absolute Gasteiger partial charge is 0.446 e. The van der Waals surface area contributed by atoms with Crippen LogP contribution in [0.4, 0.5) is 35.0 Å². The van der Waals surface area contributed by atoms with E-state index in [2.05, 4.69) is 15.4 Å². The Morgan fingerprint density at radius 1 is 0.923 bits per heavy atom. The Bertz CT molecular complexity index is 1580. The molecule has 4 amide bonds. The van der Waals surface area contributed by atoms with Crippen molar-refractivity contribution in [3.05, 3.63) is 77.4 Å². The van der Waals surface area contributed by atoms with E-state index in [1.54, 1.807) is 0 Å². The normalized spacial score (nSPS) is 13.3. The predicted molar refractivity (Wildman–Crippen MR) is 138 cm³/mol. The number of sulfonamides is 1. The van der Waals surface area contributed by atoms with Crippen LogP contribution in [0.25, 0.3) is 0 Å². The topological polar surface area (TPSA) is 145 Å². The number of nitrogens with one attached hydrogen (secondary N) is 3. The summed E-state index contributed by atoms with van der Waals surface area (Å²) in [5.74, 6) is -1.58. The second-order valence-corrected chi connectivity index (χ2v) is 11.2. The Hall–Kier alpha value is -4.24. The largest absolute Gasteiger partial charge is 0.506 e. The number of benzene rings is 3. The first-order valence-electron chi connectivity index (χ1n) is 10.9. The molecular weight excluding hydrogens is 561 g/mol. The average Bonchev–Trinajstić information content (AvgIpc) is 3.05. The highest BCUT2D eigenvalue weighted by atomic mass is 32.2. The Labute approximate surface area is 224 Å². The monoisotopic (exact) mass is 580 g/mol. The van der Waals surface area contributed by atoms with E-state index in [1.165, 1.54) is 60.7 Å². The highest BCUT2D eigenvalue weighted by molar-refractivity contribution is 8.00. The molecule has 0 bridgehead atoms. The first kappa shape index (κ1) is 27.8. The molecule has 1 aliphatic heterocycles. The van der Waals surface area contributed by atoms with Crippen LogP contribution in [0.5, 0.6) is 5.75 Å². The van der Waals surface area contributed by atoms with Crippen LogP contribution < -0.4 is 15.4 Å². The number of rotatable bonds is 7. The van der Waals surface area contributed by atoms with E-state index in [1.807, 2.05) is 0 Å². The molecule has 0 radical (unpaired) electrons. The van der Waals surface area contributed by atoms with Gasteiger partial charge in [0.15, 0.2) is 0 Å². The van der Waals surface area contributed by atoms with Gasteiger partial charge in [0.1, 0.15) is 5.75 Å². The number of imide groups is 1. The molecule has 4 rings (SSSR count). The second kappa shape index (κ2) is 10.5. The van der Waals surface area contributed by atoms with Crippen LogP contribution in [0.1, 0.15) is 26.3 Å². The number of fused-ring (bicyclic) bond motifs is 1. The van der Waals surface area contributed by atoms with Gasteiger partial charge < -0.3 is 15.7 Å². The van der Waals surface area contributed by atoms with Crippen molar-refractivity contribution in [2.45, 2.75) is 16.9 Å². The van der Waals surface area contributed by atoms with Crippen molar-refractivity contribution in [1.29, 1.82) is 0 Å². The summed E-state index contributed by atoms with van der Waals surface area (Å²) in [6.07, 6.45) is 0.897. The molecule has 1 aliphatic rings. The fourth-order valence-electron chi connectivity index (χ4n) is 3.68. The number of urea groups is 1. The molecule has 0 aliphatic carbocycles. The Morgan fingerprint density at radius 2 is 1.51 bits per heavy atom. The lowest BCUT2D eigenvalue weighted by atomic mass is 10.1. The average molecular weight is 581 g/mol. The number of phenolic OH excluding ortho intramolecular Hbond substituents is 1. The van der Waals surface area contributed by atoms with Crippen LogP contribution in [-0.2, 0) is 16.6 Å². The lowest BCUT2D eigenvalue weighted by molar-refractivity contribution is -0.0328. The molecule has 10 nitrogen and oxygen atoms in total. The Morgan fingerprint density at radius 3 is 2.13 bits per heavy atom. The van der Waals surface area contributed by atoms with E-state index in [4.69, 9.17) is 0 Å². The van der Waals surface area contributed by atoms with Crippen molar-refractivity contribution in [2.24, 2.45) is 0 Å². The molecule has 0 aromatic heterocycles. The third-order valence-electron chi connectivity index (χ3n) is 5.28. The lowest BCUT2D eigenvalue weighted by Crippen LogP contribution is -2.29. The number of halogens is 3. The number of nitrogens with zero attached hydrogens (tertiary/aromatic N) is 1. The van der Waals surface area contributed by atoms with Crippen LogP contribution in [0.2, 0.25) is 0 Å². The van der Waals surface area contributed by atoms with E-state index in [0.717, 1.165) is 11.2 Å². The number of amides is 4. The summed E-state index contributed by atoms with van der Waals surface area (Å²) in [5.41, 5.74) is -3.67. The quantitative estimate of drug-likeness (QED) is 0.136. The number of thioether (sulfide) groups is 1. The summed E-state index contributed by atoms with van der Waals surface area (Å²) < 4.78 is 62.6. The molecule has 15 heteroatoms. The minimum absolute atomic E-state index is 0.0298. The number of hydrogen-bond acceptors (Lipinski definition) is 7. The molecule has 0 saturated carbocycles. The van der Waals surface area contributed by atoms with Gasteiger partial charge >= 0.3 is 11.5 Å². The van der Waals surface area contributed by atoms with E-state index >= 15 is 0 Å². The number of carbonyl (C=O) groups excluding carboxylic acids is 3.